The van der Waals surface area contributed by atoms with Crippen LogP contribution in [-0.4, -0.2) is 13.2 Å². The summed E-state index contributed by atoms with van der Waals surface area (Å²) in [7, 11) is 0. The van der Waals surface area contributed by atoms with Crippen LogP contribution in [0.4, 0.5) is 0 Å². The van der Waals surface area contributed by atoms with Crippen LogP contribution in [0.1, 0.15) is 7.79 Å². The minimum Gasteiger partial charge on any atom is -0.381 e. The number of hydrogen-bond donors (Lipinski definition) is 0. The van der Waals surface area contributed by atoms with Gasteiger partial charge in [-0.15, -0.1) is 0 Å². The van der Waals surface area contributed by atoms with Crippen LogP contribution in [0.25, 0.3) is 0 Å². The molecule has 1 fully saturated rings. The standard InChI is InChI=1S/C3H6O/c1-2-4-3-1/h1-3H2/i2D/t2-/m0/s1. The highest BCUT2D eigenvalue weighted by atomic mass is 16.5. The number of ether oxygens (including phenoxy) is 1. The molecule has 0 amide bonds. The van der Waals surface area contributed by atoms with Gasteiger partial charge in [-0.2, -0.15) is 0 Å². The van der Waals surface area contributed by atoms with Crippen LogP contribution in [0.15, 0.2) is 0 Å². The molecule has 1 aliphatic rings. The van der Waals surface area contributed by atoms with Gasteiger partial charge in [0.15, 0.2) is 0 Å². The predicted molar refractivity (Wildman–Crippen MR) is 15.4 cm³/mol. The number of rotatable bonds is 0. The minimum absolute atomic E-state index is 0.185. The van der Waals surface area contributed by atoms with Gasteiger partial charge in [-0.1, -0.05) is 0 Å². The molecule has 1 atom stereocenters. The molecule has 1 rings (SSSR count). The Balaban J connectivity index is 2.08. The van der Waals surface area contributed by atoms with E-state index < -0.39 is 0 Å². The zero-order valence-electron chi connectivity index (χ0n) is 3.40. The van der Waals surface area contributed by atoms with Crippen molar-refractivity contribution in [3.05, 3.63) is 0 Å². The van der Waals surface area contributed by atoms with Crippen LogP contribution >= 0.6 is 0 Å². The molecule has 0 aliphatic carbocycles. The van der Waals surface area contributed by atoms with E-state index in [9.17, 15) is 0 Å². The van der Waals surface area contributed by atoms with Crippen molar-refractivity contribution in [1.29, 1.82) is 0 Å². The molecular formula is C3H6O. The van der Waals surface area contributed by atoms with Gasteiger partial charge in [0.25, 0.3) is 0 Å². The van der Waals surface area contributed by atoms with Crippen molar-refractivity contribution >= 4 is 0 Å². The average molecular weight is 59.1 g/mol. The lowest BCUT2D eigenvalue weighted by Crippen LogP contribution is -2.09. The maximum Gasteiger partial charge on any atom is 0.0567 e. The molecule has 1 nitrogen and oxygen atoms in total. The van der Waals surface area contributed by atoms with E-state index in [0.29, 0.717) is 0 Å². The first kappa shape index (κ1) is 1.41. The Labute approximate surface area is 27.0 Å². The van der Waals surface area contributed by atoms with Gasteiger partial charge in [-0.25, -0.2) is 0 Å². The smallest absolute Gasteiger partial charge is 0.0567 e. The van der Waals surface area contributed by atoms with Gasteiger partial charge in [0.2, 0.25) is 0 Å². The lowest BCUT2D eigenvalue weighted by molar-refractivity contribution is 0.0367. The summed E-state index contributed by atoms with van der Waals surface area (Å²) in [6.45, 7) is 0.615. The third-order valence-corrected chi connectivity index (χ3v) is 0.471. The summed E-state index contributed by atoms with van der Waals surface area (Å²) in [6.07, 6.45) is 0.931. The van der Waals surface area contributed by atoms with E-state index in [1.165, 1.54) is 0 Å². The van der Waals surface area contributed by atoms with Crippen molar-refractivity contribution in [3.63, 3.8) is 0 Å². The normalized spacial score (nSPS) is 46.0. The van der Waals surface area contributed by atoms with Crippen molar-refractivity contribution in [2.24, 2.45) is 0 Å². The van der Waals surface area contributed by atoms with Crippen LogP contribution in [0.2, 0.25) is 0 Å². The Morgan fingerprint density at radius 2 is 2.50 bits per heavy atom. The Bertz CT molecular complexity index is 33.9. The second-order valence-corrected chi connectivity index (χ2v) is 0.826. The van der Waals surface area contributed by atoms with Gasteiger partial charge in [0.05, 0.1) is 1.37 Å². The van der Waals surface area contributed by atoms with Gasteiger partial charge in [0.1, 0.15) is 0 Å². The summed E-state index contributed by atoms with van der Waals surface area (Å²) in [4.78, 5) is 0. The summed E-state index contributed by atoms with van der Waals surface area (Å²) < 4.78 is 11.3. The summed E-state index contributed by atoms with van der Waals surface area (Å²) >= 11 is 0. The van der Waals surface area contributed by atoms with Gasteiger partial charge in [0, 0.05) is 13.2 Å². The van der Waals surface area contributed by atoms with Crippen LogP contribution in [0.3, 0.4) is 0 Å². The van der Waals surface area contributed by atoms with Gasteiger partial charge in [-0.3, -0.25) is 0 Å². The molecule has 4 heavy (non-hydrogen) atoms. The van der Waals surface area contributed by atoms with Gasteiger partial charge in [-0.05, 0) is 6.42 Å². The van der Waals surface area contributed by atoms with E-state index in [2.05, 4.69) is 4.74 Å². The van der Waals surface area contributed by atoms with Crippen LogP contribution < -0.4 is 0 Å². The Morgan fingerprint density at radius 3 is 2.50 bits per heavy atom. The van der Waals surface area contributed by atoms with E-state index in [4.69, 9.17) is 1.37 Å². The Morgan fingerprint density at radius 1 is 2.00 bits per heavy atom. The molecule has 1 heteroatoms. The third-order valence-electron chi connectivity index (χ3n) is 0.471. The monoisotopic (exact) mass is 59.0 g/mol. The lowest BCUT2D eigenvalue weighted by atomic mass is 10.4. The van der Waals surface area contributed by atoms with E-state index in [0.717, 1.165) is 13.0 Å². The SMILES string of the molecule is [2H][C@H]1CCO1. The molecule has 0 radical (unpaired) electrons. The quantitative estimate of drug-likeness (QED) is 0.392. The molecule has 1 aliphatic heterocycles. The minimum atomic E-state index is -0.185. The highest BCUT2D eigenvalue weighted by Gasteiger charge is 1.94. The fourth-order valence-corrected chi connectivity index (χ4v) is 0.118. The first-order valence-electron chi connectivity index (χ1n) is 2.01. The van der Waals surface area contributed by atoms with E-state index in [1.54, 1.807) is 0 Å². The highest BCUT2D eigenvalue weighted by molar-refractivity contribution is 4.41. The van der Waals surface area contributed by atoms with Crippen LogP contribution in [-0.2, 0) is 4.74 Å². The van der Waals surface area contributed by atoms with Crippen LogP contribution in [0.5, 0.6) is 0 Å². The fourth-order valence-electron chi connectivity index (χ4n) is 0.118. The zero-order chi connectivity index (χ0) is 3.70. The molecule has 1 heterocycles. The zero-order valence-corrected chi connectivity index (χ0v) is 2.40. The second-order valence-electron chi connectivity index (χ2n) is 0.826. The lowest BCUT2D eigenvalue weighted by Gasteiger charge is -2.09. The molecule has 1 saturated heterocycles. The van der Waals surface area contributed by atoms with Crippen molar-refractivity contribution in [1.82, 2.24) is 0 Å². The fraction of sp³-hybridized carbons (Fsp3) is 1.00. The topological polar surface area (TPSA) is 9.23 Å². The molecular weight excluding hydrogens is 52.0 g/mol. The largest absolute Gasteiger partial charge is 0.381 e. The molecule has 0 unspecified atom stereocenters. The third kappa shape index (κ3) is 0.115. The van der Waals surface area contributed by atoms with Crippen molar-refractivity contribution in [3.8, 4) is 0 Å². The molecule has 0 aromatic rings. The molecule has 0 aromatic heterocycles. The van der Waals surface area contributed by atoms with E-state index in [-0.39, 0.29) is 6.58 Å². The van der Waals surface area contributed by atoms with Crippen molar-refractivity contribution in [2.75, 3.05) is 13.2 Å². The maximum absolute atomic E-state index is 6.69. The van der Waals surface area contributed by atoms with Gasteiger partial charge < -0.3 is 4.74 Å². The first-order valence-corrected chi connectivity index (χ1v) is 1.43. The molecule has 0 spiro atoms. The van der Waals surface area contributed by atoms with Crippen molar-refractivity contribution < 1.29 is 6.11 Å². The van der Waals surface area contributed by atoms with E-state index >= 15 is 0 Å². The predicted octanol–water partition coefficient (Wildman–Crippen LogP) is 0.407. The van der Waals surface area contributed by atoms with Gasteiger partial charge >= 0.3 is 0 Å². The summed E-state index contributed by atoms with van der Waals surface area (Å²) in [5.74, 6) is 0. The first-order chi connectivity index (χ1) is 2.39. The Kier molecular flexibility index (Phi) is 0.256. The van der Waals surface area contributed by atoms with E-state index in [1.807, 2.05) is 0 Å². The van der Waals surface area contributed by atoms with Crippen molar-refractivity contribution in [2.45, 2.75) is 6.42 Å². The average Bonchev–Trinajstić information content (AvgIpc) is 1.30. The number of hydrogen-bond acceptors (Lipinski definition) is 1. The molecule has 0 aromatic carbocycles. The molecule has 0 N–H and O–H groups in total. The molecule has 0 saturated carbocycles. The maximum atomic E-state index is 6.69. The summed E-state index contributed by atoms with van der Waals surface area (Å²) in [5, 5.41) is 0. The molecule has 0 bridgehead atoms. The van der Waals surface area contributed by atoms with Crippen LogP contribution in [0, 0.1) is 0 Å². The summed E-state index contributed by atoms with van der Waals surface area (Å²) in [5.41, 5.74) is 0. The Hall–Kier alpha value is -0.0400. The molecule has 24 valence electrons. The highest BCUT2D eigenvalue weighted by Crippen LogP contribution is 1.92. The summed E-state index contributed by atoms with van der Waals surface area (Å²) in [6, 6.07) is 0. The second kappa shape index (κ2) is 0.725.